The maximum atomic E-state index is 11.8. The van der Waals surface area contributed by atoms with E-state index in [4.69, 9.17) is 4.74 Å². The molecule has 0 aromatic heterocycles. The standard InChI is InChI=1S/C15H28N2O2/c1-15(2,14(18)19-4)11-17-9-7-13-12(10-17)6-5-8-16(13)3/h12-13H,5-11H2,1-4H3. The Labute approximate surface area is 117 Å². The Morgan fingerprint density at radius 2 is 2.05 bits per heavy atom. The summed E-state index contributed by atoms with van der Waals surface area (Å²) in [5, 5.41) is 0. The molecule has 0 spiro atoms. The number of nitrogens with zero attached hydrogens (tertiary/aromatic N) is 2. The largest absolute Gasteiger partial charge is 0.469 e. The molecule has 2 aliphatic rings. The van der Waals surface area contributed by atoms with E-state index in [1.54, 1.807) is 0 Å². The van der Waals surface area contributed by atoms with Gasteiger partial charge in [-0.15, -0.1) is 0 Å². The Hall–Kier alpha value is -0.610. The van der Waals surface area contributed by atoms with Crippen molar-refractivity contribution in [3.63, 3.8) is 0 Å². The molecule has 110 valence electrons. The molecule has 2 atom stereocenters. The zero-order chi connectivity index (χ0) is 14.0. The van der Waals surface area contributed by atoms with E-state index in [1.165, 1.54) is 32.9 Å². The number of esters is 1. The summed E-state index contributed by atoms with van der Waals surface area (Å²) in [6, 6.07) is 0.756. The molecular weight excluding hydrogens is 240 g/mol. The lowest BCUT2D eigenvalue weighted by atomic mass is 9.83. The van der Waals surface area contributed by atoms with Gasteiger partial charge in [-0.3, -0.25) is 4.79 Å². The average molecular weight is 268 g/mol. The van der Waals surface area contributed by atoms with Crippen LogP contribution in [0.3, 0.4) is 0 Å². The number of piperidine rings is 2. The number of methoxy groups -OCH3 is 1. The number of rotatable bonds is 3. The molecule has 2 unspecified atom stereocenters. The van der Waals surface area contributed by atoms with Crippen molar-refractivity contribution in [1.29, 1.82) is 0 Å². The van der Waals surface area contributed by atoms with E-state index in [1.807, 2.05) is 13.8 Å². The van der Waals surface area contributed by atoms with Crippen molar-refractivity contribution in [2.45, 2.75) is 39.2 Å². The first kappa shape index (κ1) is 14.8. The van der Waals surface area contributed by atoms with Gasteiger partial charge in [-0.05, 0) is 59.2 Å². The summed E-state index contributed by atoms with van der Waals surface area (Å²) in [6.07, 6.45) is 3.88. The Morgan fingerprint density at radius 3 is 2.74 bits per heavy atom. The summed E-state index contributed by atoms with van der Waals surface area (Å²) in [5.41, 5.74) is -0.401. The first-order chi connectivity index (χ1) is 8.94. The van der Waals surface area contributed by atoms with Crippen LogP contribution in [0, 0.1) is 11.3 Å². The van der Waals surface area contributed by atoms with Gasteiger partial charge >= 0.3 is 5.97 Å². The zero-order valence-corrected chi connectivity index (χ0v) is 12.8. The molecule has 19 heavy (non-hydrogen) atoms. The normalized spacial score (nSPS) is 29.9. The molecule has 2 saturated heterocycles. The van der Waals surface area contributed by atoms with Crippen LogP contribution in [0.5, 0.6) is 0 Å². The SMILES string of the molecule is COC(=O)C(C)(C)CN1CCC2C(CCCN2C)C1. The van der Waals surface area contributed by atoms with E-state index in [9.17, 15) is 4.79 Å². The fourth-order valence-corrected chi connectivity index (χ4v) is 3.77. The second kappa shape index (κ2) is 5.80. The van der Waals surface area contributed by atoms with Gasteiger partial charge < -0.3 is 14.5 Å². The van der Waals surface area contributed by atoms with Gasteiger partial charge in [0.1, 0.15) is 0 Å². The van der Waals surface area contributed by atoms with E-state index in [0.29, 0.717) is 0 Å². The van der Waals surface area contributed by atoms with Crippen LogP contribution in [0.25, 0.3) is 0 Å². The maximum absolute atomic E-state index is 11.8. The topological polar surface area (TPSA) is 32.8 Å². The second-order valence-corrected chi connectivity index (χ2v) is 6.85. The molecule has 0 bridgehead atoms. The van der Waals surface area contributed by atoms with Crippen LogP contribution in [0.15, 0.2) is 0 Å². The first-order valence-corrected chi connectivity index (χ1v) is 7.45. The lowest BCUT2D eigenvalue weighted by Crippen LogP contribution is -2.54. The molecule has 0 saturated carbocycles. The molecule has 2 fully saturated rings. The molecule has 4 nitrogen and oxygen atoms in total. The van der Waals surface area contributed by atoms with Crippen LogP contribution in [0.4, 0.5) is 0 Å². The van der Waals surface area contributed by atoms with Crippen molar-refractivity contribution in [2.75, 3.05) is 40.3 Å². The Balaban J connectivity index is 1.92. The molecule has 0 radical (unpaired) electrons. The fraction of sp³-hybridized carbons (Fsp3) is 0.933. The molecule has 0 aromatic carbocycles. The van der Waals surface area contributed by atoms with Crippen LogP contribution < -0.4 is 0 Å². The quantitative estimate of drug-likeness (QED) is 0.728. The van der Waals surface area contributed by atoms with Crippen LogP contribution in [0.1, 0.15) is 33.1 Å². The van der Waals surface area contributed by atoms with Gasteiger partial charge in [-0.2, -0.15) is 0 Å². The van der Waals surface area contributed by atoms with Crippen LogP contribution in [-0.2, 0) is 9.53 Å². The van der Waals surface area contributed by atoms with Gasteiger partial charge in [-0.1, -0.05) is 0 Å². The van der Waals surface area contributed by atoms with Gasteiger partial charge in [-0.25, -0.2) is 0 Å². The minimum absolute atomic E-state index is 0.101. The Bertz CT molecular complexity index is 330. The summed E-state index contributed by atoms with van der Waals surface area (Å²) in [7, 11) is 3.73. The highest BCUT2D eigenvalue weighted by Gasteiger charge is 2.37. The van der Waals surface area contributed by atoms with E-state index in [-0.39, 0.29) is 5.97 Å². The third-order valence-corrected chi connectivity index (χ3v) is 4.79. The molecule has 0 N–H and O–H groups in total. The fourth-order valence-electron chi connectivity index (χ4n) is 3.77. The predicted molar refractivity (Wildman–Crippen MR) is 76.0 cm³/mol. The number of hydrogen-bond acceptors (Lipinski definition) is 4. The highest BCUT2D eigenvalue weighted by molar-refractivity contribution is 5.76. The van der Waals surface area contributed by atoms with E-state index >= 15 is 0 Å². The zero-order valence-electron chi connectivity index (χ0n) is 12.8. The van der Waals surface area contributed by atoms with Gasteiger partial charge in [0.15, 0.2) is 0 Å². The van der Waals surface area contributed by atoms with E-state index in [0.717, 1.165) is 31.6 Å². The maximum Gasteiger partial charge on any atom is 0.312 e. The van der Waals surface area contributed by atoms with Crippen molar-refractivity contribution < 1.29 is 9.53 Å². The van der Waals surface area contributed by atoms with Crippen LogP contribution >= 0.6 is 0 Å². The molecule has 2 heterocycles. The third kappa shape index (κ3) is 3.29. The smallest absolute Gasteiger partial charge is 0.312 e. The first-order valence-electron chi connectivity index (χ1n) is 7.45. The highest BCUT2D eigenvalue weighted by atomic mass is 16.5. The molecule has 0 amide bonds. The van der Waals surface area contributed by atoms with Gasteiger partial charge in [0.25, 0.3) is 0 Å². The van der Waals surface area contributed by atoms with E-state index < -0.39 is 5.41 Å². The summed E-state index contributed by atoms with van der Waals surface area (Å²) in [5.74, 6) is 0.677. The Morgan fingerprint density at radius 1 is 1.32 bits per heavy atom. The van der Waals surface area contributed by atoms with Crippen molar-refractivity contribution in [3.8, 4) is 0 Å². The molecule has 0 aliphatic carbocycles. The summed E-state index contributed by atoms with van der Waals surface area (Å²) in [6.45, 7) is 8.26. The monoisotopic (exact) mass is 268 g/mol. The molecular formula is C15H28N2O2. The van der Waals surface area contributed by atoms with Crippen molar-refractivity contribution in [1.82, 2.24) is 9.80 Å². The van der Waals surface area contributed by atoms with Gasteiger partial charge in [0.2, 0.25) is 0 Å². The van der Waals surface area contributed by atoms with Crippen molar-refractivity contribution in [2.24, 2.45) is 11.3 Å². The average Bonchev–Trinajstić information content (AvgIpc) is 2.37. The van der Waals surface area contributed by atoms with Crippen molar-refractivity contribution >= 4 is 5.97 Å². The van der Waals surface area contributed by atoms with Gasteiger partial charge in [0, 0.05) is 19.1 Å². The highest BCUT2D eigenvalue weighted by Crippen LogP contribution is 2.31. The second-order valence-electron chi connectivity index (χ2n) is 6.85. The molecule has 4 heteroatoms. The number of ether oxygens (including phenoxy) is 1. The molecule has 2 aliphatic heterocycles. The van der Waals surface area contributed by atoms with Crippen LogP contribution in [0.2, 0.25) is 0 Å². The minimum atomic E-state index is -0.401. The lowest BCUT2D eigenvalue weighted by molar-refractivity contribution is -0.152. The third-order valence-electron chi connectivity index (χ3n) is 4.79. The summed E-state index contributed by atoms with van der Waals surface area (Å²) < 4.78 is 4.91. The van der Waals surface area contributed by atoms with E-state index in [2.05, 4.69) is 16.8 Å². The van der Waals surface area contributed by atoms with Crippen molar-refractivity contribution in [3.05, 3.63) is 0 Å². The number of carbonyl (C=O) groups excluding carboxylic acids is 1. The summed E-state index contributed by atoms with van der Waals surface area (Å²) >= 11 is 0. The van der Waals surface area contributed by atoms with Gasteiger partial charge in [0.05, 0.1) is 12.5 Å². The number of hydrogen-bond donors (Lipinski definition) is 0. The number of carbonyl (C=O) groups is 1. The Kier molecular flexibility index (Phi) is 4.51. The number of fused-ring (bicyclic) bond motifs is 1. The van der Waals surface area contributed by atoms with Crippen LogP contribution in [-0.4, -0.2) is 62.1 Å². The number of likely N-dealkylation sites (tertiary alicyclic amines) is 2. The molecule has 0 aromatic rings. The summed E-state index contributed by atoms with van der Waals surface area (Å²) in [4.78, 5) is 16.8. The predicted octanol–water partition coefficient (Wildman–Crippen LogP) is 1.60. The lowest BCUT2D eigenvalue weighted by Gasteiger charge is -2.47. The molecule has 2 rings (SSSR count). The minimum Gasteiger partial charge on any atom is -0.469 e.